The first-order valence-corrected chi connectivity index (χ1v) is 8.13. The van der Waals surface area contributed by atoms with Crippen LogP contribution in [-0.2, 0) is 13.0 Å². The van der Waals surface area contributed by atoms with Gasteiger partial charge < -0.3 is 9.64 Å². The molecule has 0 aliphatic rings. The molecule has 0 radical (unpaired) electrons. The SMILES string of the molecule is CCCc1ccc(N(Cc2ccccc2OC)C(C)C)cc1. The number of ether oxygens (including phenoxy) is 1. The third kappa shape index (κ3) is 4.03. The van der Waals surface area contributed by atoms with E-state index in [1.165, 1.54) is 23.2 Å². The average molecular weight is 297 g/mol. The lowest BCUT2D eigenvalue weighted by Gasteiger charge is -2.30. The second-order valence-corrected chi connectivity index (χ2v) is 5.95. The minimum atomic E-state index is 0.432. The molecule has 2 heteroatoms. The Labute approximate surface area is 134 Å². The van der Waals surface area contributed by atoms with Crippen LogP contribution >= 0.6 is 0 Å². The monoisotopic (exact) mass is 297 g/mol. The predicted octanol–water partition coefficient (Wildman–Crippen LogP) is 5.06. The van der Waals surface area contributed by atoms with Gasteiger partial charge in [-0.3, -0.25) is 0 Å². The molecule has 0 unspecified atom stereocenters. The van der Waals surface area contributed by atoms with Gasteiger partial charge in [-0.15, -0.1) is 0 Å². The molecular weight excluding hydrogens is 270 g/mol. The van der Waals surface area contributed by atoms with Crippen molar-refractivity contribution in [3.63, 3.8) is 0 Å². The van der Waals surface area contributed by atoms with Gasteiger partial charge in [-0.2, -0.15) is 0 Å². The molecule has 0 heterocycles. The molecule has 2 aromatic carbocycles. The number of anilines is 1. The van der Waals surface area contributed by atoms with Gasteiger partial charge >= 0.3 is 0 Å². The quantitative estimate of drug-likeness (QED) is 0.708. The van der Waals surface area contributed by atoms with Crippen molar-refractivity contribution >= 4 is 5.69 Å². The Morgan fingerprint density at radius 2 is 1.68 bits per heavy atom. The van der Waals surface area contributed by atoms with Crippen molar-refractivity contribution in [2.45, 2.75) is 46.2 Å². The second-order valence-electron chi connectivity index (χ2n) is 5.95. The zero-order valence-corrected chi connectivity index (χ0v) is 14.2. The van der Waals surface area contributed by atoms with Crippen molar-refractivity contribution in [2.75, 3.05) is 12.0 Å². The number of para-hydroxylation sites is 1. The van der Waals surface area contributed by atoms with E-state index >= 15 is 0 Å². The van der Waals surface area contributed by atoms with Crippen LogP contribution in [0.5, 0.6) is 5.75 Å². The molecule has 0 amide bonds. The summed E-state index contributed by atoms with van der Waals surface area (Å²) in [6, 6.07) is 17.6. The summed E-state index contributed by atoms with van der Waals surface area (Å²) in [7, 11) is 1.73. The number of hydrogen-bond donors (Lipinski definition) is 0. The molecule has 0 aliphatic heterocycles. The molecule has 22 heavy (non-hydrogen) atoms. The summed E-state index contributed by atoms with van der Waals surface area (Å²) in [5.41, 5.74) is 3.89. The van der Waals surface area contributed by atoms with E-state index < -0.39 is 0 Å². The van der Waals surface area contributed by atoms with E-state index in [0.29, 0.717) is 6.04 Å². The number of nitrogens with zero attached hydrogens (tertiary/aromatic N) is 1. The van der Waals surface area contributed by atoms with Crippen molar-refractivity contribution < 1.29 is 4.74 Å². The average Bonchev–Trinajstić information content (AvgIpc) is 2.54. The van der Waals surface area contributed by atoms with Crippen molar-refractivity contribution in [1.82, 2.24) is 0 Å². The third-order valence-corrected chi connectivity index (χ3v) is 3.96. The fourth-order valence-corrected chi connectivity index (χ4v) is 2.73. The van der Waals surface area contributed by atoms with Crippen molar-refractivity contribution in [2.24, 2.45) is 0 Å². The van der Waals surface area contributed by atoms with E-state index in [9.17, 15) is 0 Å². The Bertz CT molecular complexity index is 575. The first kappa shape index (κ1) is 16.4. The molecule has 0 aromatic heterocycles. The fraction of sp³-hybridized carbons (Fsp3) is 0.400. The molecule has 0 N–H and O–H groups in total. The number of hydrogen-bond acceptors (Lipinski definition) is 2. The van der Waals surface area contributed by atoms with Crippen molar-refractivity contribution in [1.29, 1.82) is 0 Å². The molecule has 0 fully saturated rings. The van der Waals surface area contributed by atoms with Crippen LogP contribution in [0.15, 0.2) is 48.5 Å². The van der Waals surface area contributed by atoms with Crippen molar-refractivity contribution in [3.8, 4) is 5.75 Å². The summed E-state index contributed by atoms with van der Waals surface area (Å²) >= 11 is 0. The Kier molecular flexibility index (Phi) is 5.88. The van der Waals surface area contributed by atoms with E-state index in [1.807, 2.05) is 12.1 Å². The molecule has 0 atom stereocenters. The van der Waals surface area contributed by atoms with Gasteiger partial charge in [-0.05, 0) is 44.0 Å². The lowest BCUT2D eigenvalue weighted by atomic mass is 10.1. The second kappa shape index (κ2) is 7.88. The van der Waals surface area contributed by atoms with E-state index in [0.717, 1.165) is 18.7 Å². The Morgan fingerprint density at radius 1 is 1.00 bits per heavy atom. The van der Waals surface area contributed by atoms with Gasteiger partial charge in [0.1, 0.15) is 5.75 Å². The summed E-state index contributed by atoms with van der Waals surface area (Å²) in [6.07, 6.45) is 2.34. The molecule has 0 saturated carbocycles. The standard InChI is InChI=1S/C20H27NO/c1-5-8-17-11-13-19(14-12-17)21(16(2)3)15-18-9-6-7-10-20(18)22-4/h6-7,9-14,16H,5,8,15H2,1-4H3. The summed E-state index contributed by atoms with van der Waals surface area (Å²) in [4.78, 5) is 2.41. The number of methoxy groups -OCH3 is 1. The van der Waals surface area contributed by atoms with Gasteiger partial charge in [0.25, 0.3) is 0 Å². The Hall–Kier alpha value is -1.96. The third-order valence-electron chi connectivity index (χ3n) is 3.96. The fourth-order valence-electron chi connectivity index (χ4n) is 2.73. The highest BCUT2D eigenvalue weighted by atomic mass is 16.5. The minimum Gasteiger partial charge on any atom is -0.496 e. The lowest BCUT2D eigenvalue weighted by Crippen LogP contribution is -2.30. The maximum Gasteiger partial charge on any atom is 0.123 e. The summed E-state index contributed by atoms with van der Waals surface area (Å²) < 4.78 is 5.49. The number of aryl methyl sites for hydroxylation is 1. The van der Waals surface area contributed by atoms with Crippen LogP contribution in [0.2, 0.25) is 0 Å². The maximum absolute atomic E-state index is 5.49. The van der Waals surface area contributed by atoms with Crippen LogP contribution < -0.4 is 9.64 Å². The van der Waals surface area contributed by atoms with Crippen molar-refractivity contribution in [3.05, 3.63) is 59.7 Å². The highest BCUT2D eigenvalue weighted by Gasteiger charge is 2.13. The van der Waals surface area contributed by atoms with Crippen LogP contribution in [0, 0.1) is 0 Å². The van der Waals surface area contributed by atoms with Gasteiger partial charge in [0.15, 0.2) is 0 Å². The van der Waals surface area contributed by atoms with E-state index in [1.54, 1.807) is 7.11 Å². The van der Waals surface area contributed by atoms with Crippen LogP contribution in [-0.4, -0.2) is 13.2 Å². The molecule has 2 nitrogen and oxygen atoms in total. The van der Waals surface area contributed by atoms with Gasteiger partial charge in [0.2, 0.25) is 0 Å². The largest absolute Gasteiger partial charge is 0.496 e. The number of rotatable bonds is 7. The zero-order chi connectivity index (χ0) is 15.9. The summed E-state index contributed by atoms with van der Waals surface area (Å²) in [5.74, 6) is 0.954. The zero-order valence-electron chi connectivity index (χ0n) is 14.2. The molecule has 0 bridgehead atoms. The molecular formula is C20H27NO. The topological polar surface area (TPSA) is 12.5 Å². The highest BCUT2D eigenvalue weighted by molar-refractivity contribution is 5.50. The van der Waals surface area contributed by atoms with Crippen LogP contribution in [0.1, 0.15) is 38.3 Å². The highest BCUT2D eigenvalue weighted by Crippen LogP contribution is 2.25. The van der Waals surface area contributed by atoms with E-state index in [4.69, 9.17) is 4.74 Å². The van der Waals surface area contributed by atoms with Gasteiger partial charge in [0, 0.05) is 23.8 Å². The van der Waals surface area contributed by atoms with Crippen LogP contribution in [0.4, 0.5) is 5.69 Å². The van der Waals surface area contributed by atoms with E-state index in [-0.39, 0.29) is 0 Å². The van der Waals surface area contributed by atoms with Gasteiger partial charge in [-0.25, -0.2) is 0 Å². The Morgan fingerprint density at radius 3 is 2.27 bits per heavy atom. The smallest absolute Gasteiger partial charge is 0.123 e. The molecule has 0 aliphatic carbocycles. The first-order chi connectivity index (χ1) is 10.7. The number of benzene rings is 2. The first-order valence-electron chi connectivity index (χ1n) is 8.13. The summed E-state index contributed by atoms with van der Waals surface area (Å²) in [5, 5.41) is 0. The predicted molar refractivity (Wildman–Crippen MR) is 94.8 cm³/mol. The van der Waals surface area contributed by atoms with Gasteiger partial charge in [-0.1, -0.05) is 43.7 Å². The molecule has 2 aromatic rings. The Balaban J connectivity index is 2.22. The molecule has 0 saturated heterocycles. The van der Waals surface area contributed by atoms with Crippen LogP contribution in [0.3, 0.4) is 0 Å². The molecule has 2 rings (SSSR count). The van der Waals surface area contributed by atoms with Gasteiger partial charge in [0.05, 0.1) is 7.11 Å². The van der Waals surface area contributed by atoms with E-state index in [2.05, 4.69) is 62.1 Å². The molecule has 118 valence electrons. The maximum atomic E-state index is 5.49. The summed E-state index contributed by atoms with van der Waals surface area (Å²) in [6.45, 7) is 7.54. The lowest BCUT2D eigenvalue weighted by molar-refractivity contribution is 0.408. The minimum absolute atomic E-state index is 0.432. The molecule has 0 spiro atoms. The van der Waals surface area contributed by atoms with Crippen LogP contribution in [0.25, 0.3) is 0 Å². The normalized spacial score (nSPS) is 10.8.